The third kappa shape index (κ3) is 2.57. The highest BCUT2D eigenvalue weighted by Gasteiger charge is 2.58. The van der Waals surface area contributed by atoms with Crippen LogP contribution in [0.2, 0.25) is 5.31 Å². The standard InChI is InChI=1S/C13H26BNO3/c1-9-15-10(16-8)11(2,3)14-17-12(4,5)13(6,7)18-14/h9H2,1-8H3. The number of ether oxygens (including phenoxy) is 1. The molecule has 18 heavy (non-hydrogen) atoms. The average Bonchev–Trinajstić information content (AvgIpc) is 2.45. The molecule has 4 nitrogen and oxygen atoms in total. The molecule has 0 aliphatic carbocycles. The summed E-state index contributed by atoms with van der Waals surface area (Å²) in [5.74, 6) is 0.670. The van der Waals surface area contributed by atoms with Gasteiger partial charge in [-0.3, -0.25) is 4.99 Å². The van der Waals surface area contributed by atoms with Crippen LogP contribution in [0.5, 0.6) is 0 Å². The minimum Gasteiger partial charge on any atom is -0.484 e. The van der Waals surface area contributed by atoms with Crippen LogP contribution in [0.4, 0.5) is 0 Å². The van der Waals surface area contributed by atoms with Gasteiger partial charge < -0.3 is 14.0 Å². The van der Waals surface area contributed by atoms with E-state index < -0.39 is 5.31 Å². The van der Waals surface area contributed by atoms with Crippen molar-refractivity contribution in [3.63, 3.8) is 0 Å². The first-order valence-electron chi connectivity index (χ1n) is 6.53. The van der Waals surface area contributed by atoms with Crippen molar-refractivity contribution in [2.24, 2.45) is 4.99 Å². The van der Waals surface area contributed by atoms with Crippen LogP contribution in [0.15, 0.2) is 4.99 Å². The Morgan fingerprint density at radius 3 is 1.94 bits per heavy atom. The van der Waals surface area contributed by atoms with Crippen molar-refractivity contribution in [2.45, 2.75) is 65.0 Å². The van der Waals surface area contributed by atoms with E-state index in [-0.39, 0.29) is 18.3 Å². The third-order valence-corrected chi connectivity index (χ3v) is 3.89. The van der Waals surface area contributed by atoms with Crippen LogP contribution >= 0.6 is 0 Å². The van der Waals surface area contributed by atoms with E-state index in [1.165, 1.54) is 0 Å². The van der Waals surface area contributed by atoms with Crippen molar-refractivity contribution >= 4 is 13.0 Å². The molecule has 0 aromatic carbocycles. The molecule has 0 bridgehead atoms. The SMILES string of the molecule is CCN=C(OC)C(C)(C)B1OC(C)(C)C(C)(C)O1. The quantitative estimate of drug-likeness (QED) is 0.442. The highest BCUT2D eigenvalue weighted by Crippen LogP contribution is 2.45. The van der Waals surface area contributed by atoms with Gasteiger partial charge in [-0.05, 0) is 34.6 Å². The summed E-state index contributed by atoms with van der Waals surface area (Å²) in [5, 5.41) is -0.407. The fourth-order valence-corrected chi connectivity index (χ4v) is 1.91. The molecule has 0 atom stereocenters. The van der Waals surface area contributed by atoms with Crippen LogP contribution in [-0.2, 0) is 14.0 Å². The molecule has 104 valence electrons. The first kappa shape index (κ1) is 15.5. The minimum atomic E-state index is -0.407. The Bertz CT molecular complexity index is 321. The third-order valence-electron chi connectivity index (χ3n) is 3.89. The Morgan fingerprint density at radius 2 is 1.61 bits per heavy atom. The zero-order valence-corrected chi connectivity index (χ0v) is 13.0. The molecule has 0 N–H and O–H groups in total. The Labute approximate surface area is 111 Å². The lowest BCUT2D eigenvalue weighted by molar-refractivity contribution is 0.00578. The smallest absolute Gasteiger partial charge is 0.473 e. The van der Waals surface area contributed by atoms with Crippen LogP contribution in [-0.4, -0.2) is 37.9 Å². The lowest BCUT2D eigenvalue weighted by atomic mass is 9.59. The Hall–Kier alpha value is -0.545. The molecule has 1 heterocycles. The Kier molecular flexibility index (Phi) is 4.18. The van der Waals surface area contributed by atoms with E-state index in [2.05, 4.69) is 4.99 Å². The minimum absolute atomic E-state index is 0.333. The molecule has 0 saturated carbocycles. The number of nitrogens with zero attached hydrogens (tertiary/aromatic N) is 1. The van der Waals surface area contributed by atoms with Gasteiger partial charge in [-0.25, -0.2) is 0 Å². The molecule has 1 rings (SSSR count). The first-order chi connectivity index (χ1) is 8.08. The molecule has 0 amide bonds. The second kappa shape index (κ2) is 4.85. The molecular weight excluding hydrogens is 229 g/mol. The summed E-state index contributed by atoms with van der Waals surface area (Å²) in [6.45, 7) is 14.9. The summed E-state index contributed by atoms with van der Waals surface area (Å²) >= 11 is 0. The van der Waals surface area contributed by atoms with E-state index in [0.717, 1.165) is 0 Å². The summed E-state index contributed by atoms with van der Waals surface area (Å²) in [4.78, 5) is 4.39. The van der Waals surface area contributed by atoms with Gasteiger partial charge in [0, 0.05) is 6.54 Å². The monoisotopic (exact) mass is 255 g/mol. The molecule has 5 heteroatoms. The molecule has 1 aliphatic heterocycles. The van der Waals surface area contributed by atoms with E-state index in [9.17, 15) is 0 Å². The van der Waals surface area contributed by atoms with Crippen molar-refractivity contribution in [2.75, 3.05) is 13.7 Å². The van der Waals surface area contributed by atoms with E-state index in [1.807, 2.05) is 48.5 Å². The molecular formula is C13H26BNO3. The molecule has 1 saturated heterocycles. The topological polar surface area (TPSA) is 40.0 Å². The predicted octanol–water partition coefficient (Wildman–Crippen LogP) is 2.92. The molecule has 0 aromatic heterocycles. The first-order valence-corrected chi connectivity index (χ1v) is 6.53. The number of hydrogen-bond acceptors (Lipinski definition) is 4. The fraction of sp³-hybridized carbons (Fsp3) is 0.923. The summed E-state index contributed by atoms with van der Waals surface area (Å²) in [7, 11) is 1.29. The average molecular weight is 255 g/mol. The van der Waals surface area contributed by atoms with Crippen LogP contribution < -0.4 is 0 Å². The summed E-state index contributed by atoms with van der Waals surface area (Å²) in [6, 6.07) is 0. The van der Waals surface area contributed by atoms with Crippen molar-refractivity contribution in [1.82, 2.24) is 0 Å². The number of methoxy groups -OCH3 is 1. The van der Waals surface area contributed by atoms with E-state index >= 15 is 0 Å². The van der Waals surface area contributed by atoms with Gasteiger partial charge in [0.05, 0.1) is 23.6 Å². The lowest BCUT2D eigenvalue weighted by Gasteiger charge is -2.32. The molecule has 1 fully saturated rings. The molecule has 0 radical (unpaired) electrons. The second-order valence-corrected chi connectivity index (χ2v) is 6.29. The maximum Gasteiger partial charge on any atom is 0.473 e. The highest BCUT2D eigenvalue weighted by molar-refractivity contribution is 6.55. The Morgan fingerprint density at radius 1 is 1.17 bits per heavy atom. The van der Waals surface area contributed by atoms with Crippen molar-refractivity contribution < 1.29 is 14.0 Å². The fourth-order valence-electron chi connectivity index (χ4n) is 1.91. The van der Waals surface area contributed by atoms with Crippen LogP contribution in [0, 0.1) is 0 Å². The van der Waals surface area contributed by atoms with Crippen LogP contribution in [0.3, 0.4) is 0 Å². The molecule has 1 aliphatic rings. The Balaban J connectivity index is 2.99. The van der Waals surface area contributed by atoms with Crippen LogP contribution in [0.25, 0.3) is 0 Å². The molecule has 0 spiro atoms. The van der Waals surface area contributed by atoms with E-state index in [1.54, 1.807) is 7.11 Å². The molecule has 0 aromatic rings. The van der Waals surface area contributed by atoms with E-state index in [0.29, 0.717) is 12.4 Å². The van der Waals surface area contributed by atoms with E-state index in [4.69, 9.17) is 14.0 Å². The van der Waals surface area contributed by atoms with Crippen molar-refractivity contribution in [3.8, 4) is 0 Å². The number of rotatable bonds is 3. The van der Waals surface area contributed by atoms with Gasteiger partial charge in [-0.15, -0.1) is 0 Å². The number of hydrogen-bond donors (Lipinski definition) is 0. The summed E-state index contributed by atoms with van der Waals surface area (Å²) in [6.07, 6.45) is 0. The van der Waals surface area contributed by atoms with Crippen LogP contribution in [0.1, 0.15) is 48.5 Å². The maximum atomic E-state index is 6.07. The normalized spacial score (nSPS) is 23.3. The molecule has 0 unspecified atom stereocenters. The van der Waals surface area contributed by atoms with Gasteiger partial charge in [0.15, 0.2) is 5.90 Å². The lowest BCUT2D eigenvalue weighted by Crippen LogP contribution is -2.41. The van der Waals surface area contributed by atoms with Gasteiger partial charge in [0.1, 0.15) is 0 Å². The van der Waals surface area contributed by atoms with Crippen molar-refractivity contribution in [3.05, 3.63) is 0 Å². The van der Waals surface area contributed by atoms with Gasteiger partial charge >= 0.3 is 7.12 Å². The maximum absolute atomic E-state index is 6.07. The highest BCUT2D eigenvalue weighted by atomic mass is 16.7. The second-order valence-electron chi connectivity index (χ2n) is 6.29. The zero-order chi connectivity index (χ0) is 14.2. The van der Waals surface area contributed by atoms with Gasteiger partial charge in [-0.2, -0.15) is 0 Å². The summed E-state index contributed by atoms with van der Waals surface area (Å²) < 4.78 is 17.5. The predicted molar refractivity (Wildman–Crippen MR) is 75.1 cm³/mol. The van der Waals surface area contributed by atoms with Gasteiger partial charge in [0.25, 0.3) is 0 Å². The van der Waals surface area contributed by atoms with Gasteiger partial charge in [0.2, 0.25) is 0 Å². The van der Waals surface area contributed by atoms with Gasteiger partial charge in [-0.1, -0.05) is 13.8 Å². The zero-order valence-electron chi connectivity index (χ0n) is 13.0. The van der Waals surface area contributed by atoms with Crippen molar-refractivity contribution in [1.29, 1.82) is 0 Å². The summed E-state index contributed by atoms with van der Waals surface area (Å²) in [5.41, 5.74) is -0.667. The largest absolute Gasteiger partial charge is 0.484 e. The number of aliphatic imine (C=N–C) groups is 1.